The Bertz CT molecular complexity index is 1100. The Kier molecular flexibility index (Phi) is 6.66. The number of aromatic nitrogens is 2. The molecule has 0 spiro atoms. The number of nitrogens with one attached hydrogen (secondary N) is 1. The fraction of sp³-hybridized carbons (Fsp3) is 0.238. The SMILES string of the molecule is CCCNC(=O)CSc1nc2cc(C(=O)OC)ccc2c(=O)n1-c1ccccc1. The molecule has 3 rings (SSSR count). The minimum Gasteiger partial charge on any atom is -0.465 e. The molecule has 0 radical (unpaired) electrons. The first-order valence-electron chi connectivity index (χ1n) is 9.15. The first kappa shape index (κ1) is 20.6. The molecule has 1 amide bonds. The van der Waals surface area contributed by atoms with Crippen molar-refractivity contribution in [3.8, 4) is 5.69 Å². The van der Waals surface area contributed by atoms with Gasteiger partial charge in [-0.1, -0.05) is 36.9 Å². The van der Waals surface area contributed by atoms with E-state index in [4.69, 9.17) is 4.74 Å². The van der Waals surface area contributed by atoms with Gasteiger partial charge >= 0.3 is 5.97 Å². The number of carbonyl (C=O) groups excluding carboxylic acids is 2. The van der Waals surface area contributed by atoms with Gasteiger partial charge in [-0.2, -0.15) is 0 Å². The molecule has 0 bridgehead atoms. The normalized spacial score (nSPS) is 10.7. The summed E-state index contributed by atoms with van der Waals surface area (Å²) in [5.41, 5.74) is 1.07. The summed E-state index contributed by atoms with van der Waals surface area (Å²) in [5, 5.41) is 3.56. The van der Waals surface area contributed by atoms with Crippen molar-refractivity contribution in [2.45, 2.75) is 18.5 Å². The van der Waals surface area contributed by atoms with E-state index in [2.05, 4.69) is 10.3 Å². The Labute approximate surface area is 172 Å². The van der Waals surface area contributed by atoms with Crippen molar-refractivity contribution in [1.82, 2.24) is 14.9 Å². The number of rotatable bonds is 7. The maximum Gasteiger partial charge on any atom is 0.337 e. The predicted octanol–water partition coefficient (Wildman–Crippen LogP) is 2.79. The minimum absolute atomic E-state index is 0.126. The molecule has 2 aromatic carbocycles. The smallest absolute Gasteiger partial charge is 0.337 e. The summed E-state index contributed by atoms with van der Waals surface area (Å²) >= 11 is 1.17. The van der Waals surface area contributed by atoms with Gasteiger partial charge in [0.15, 0.2) is 5.16 Å². The van der Waals surface area contributed by atoms with Gasteiger partial charge in [0, 0.05) is 6.54 Å². The van der Waals surface area contributed by atoms with E-state index in [9.17, 15) is 14.4 Å². The zero-order valence-electron chi connectivity index (χ0n) is 16.2. The van der Waals surface area contributed by atoms with Crippen LogP contribution in [0.25, 0.3) is 16.6 Å². The van der Waals surface area contributed by atoms with E-state index in [0.717, 1.165) is 6.42 Å². The van der Waals surface area contributed by atoms with Crippen molar-refractivity contribution in [3.63, 3.8) is 0 Å². The summed E-state index contributed by atoms with van der Waals surface area (Å²) in [4.78, 5) is 41.7. The molecule has 0 atom stereocenters. The number of methoxy groups -OCH3 is 1. The van der Waals surface area contributed by atoms with E-state index in [0.29, 0.717) is 33.9 Å². The lowest BCUT2D eigenvalue weighted by atomic mass is 10.1. The molecule has 7 nitrogen and oxygen atoms in total. The van der Waals surface area contributed by atoms with E-state index in [1.54, 1.807) is 18.2 Å². The third-order valence-corrected chi connectivity index (χ3v) is 5.12. The van der Waals surface area contributed by atoms with E-state index in [1.807, 2.05) is 25.1 Å². The standard InChI is InChI=1S/C21H21N3O4S/c1-3-11-22-18(25)13-29-21-23-17-12-14(20(27)28-2)9-10-16(17)19(26)24(21)15-7-5-4-6-8-15/h4-10,12H,3,11,13H2,1-2H3,(H,22,25). The number of benzene rings is 2. The maximum absolute atomic E-state index is 13.2. The number of hydrogen-bond acceptors (Lipinski definition) is 6. The monoisotopic (exact) mass is 411 g/mol. The van der Waals surface area contributed by atoms with Crippen LogP contribution >= 0.6 is 11.8 Å². The van der Waals surface area contributed by atoms with Crippen molar-refractivity contribution >= 4 is 34.5 Å². The Morgan fingerprint density at radius 1 is 1.17 bits per heavy atom. The van der Waals surface area contributed by atoms with E-state index in [1.165, 1.54) is 35.6 Å². The van der Waals surface area contributed by atoms with Crippen LogP contribution < -0.4 is 10.9 Å². The van der Waals surface area contributed by atoms with Gasteiger partial charge in [0.1, 0.15) is 0 Å². The molecule has 0 saturated carbocycles. The fourth-order valence-electron chi connectivity index (χ4n) is 2.76. The van der Waals surface area contributed by atoms with E-state index < -0.39 is 5.97 Å². The summed E-state index contributed by atoms with van der Waals surface area (Å²) in [7, 11) is 1.30. The molecule has 0 saturated heterocycles. The number of para-hydroxylation sites is 1. The molecule has 150 valence electrons. The van der Waals surface area contributed by atoms with Crippen molar-refractivity contribution < 1.29 is 14.3 Å². The highest BCUT2D eigenvalue weighted by Crippen LogP contribution is 2.22. The van der Waals surface area contributed by atoms with Crippen LogP contribution in [0.2, 0.25) is 0 Å². The van der Waals surface area contributed by atoms with Crippen molar-refractivity contribution in [1.29, 1.82) is 0 Å². The van der Waals surface area contributed by atoms with Crippen LogP contribution in [-0.4, -0.2) is 40.8 Å². The van der Waals surface area contributed by atoms with Gasteiger partial charge in [0.2, 0.25) is 5.91 Å². The van der Waals surface area contributed by atoms with Crippen molar-refractivity contribution in [3.05, 3.63) is 64.4 Å². The molecule has 0 unspecified atom stereocenters. The summed E-state index contributed by atoms with van der Waals surface area (Å²) < 4.78 is 6.23. The number of thioether (sulfide) groups is 1. The molecule has 8 heteroatoms. The van der Waals surface area contributed by atoms with Crippen LogP contribution in [-0.2, 0) is 9.53 Å². The molecule has 0 aliphatic heterocycles. The van der Waals surface area contributed by atoms with Gasteiger partial charge in [-0.3, -0.25) is 14.2 Å². The zero-order chi connectivity index (χ0) is 20.8. The summed E-state index contributed by atoms with van der Waals surface area (Å²) in [6.07, 6.45) is 0.843. The van der Waals surface area contributed by atoms with Crippen LogP contribution in [0.1, 0.15) is 23.7 Å². The first-order chi connectivity index (χ1) is 14.0. The van der Waals surface area contributed by atoms with Gasteiger partial charge in [-0.15, -0.1) is 0 Å². The number of amides is 1. The Morgan fingerprint density at radius 3 is 2.62 bits per heavy atom. The van der Waals surface area contributed by atoms with Crippen LogP contribution in [0.4, 0.5) is 0 Å². The number of fused-ring (bicyclic) bond motifs is 1. The number of esters is 1. The molecule has 0 fully saturated rings. The molecule has 0 aliphatic rings. The molecule has 0 aliphatic carbocycles. The topological polar surface area (TPSA) is 90.3 Å². The number of carbonyl (C=O) groups is 2. The van der Waals surface area contributed by atoms with Gasteiger partial charge in [-0.05, 0) is 36.8 Å². The lowest BCUT2D eigenvalue weighted by molar-refractivity contribution is -0.118. The van der Waals surface area contributed by atoms with Gasteiger partial charge in [0.05, 0.1) is 35.0 Å². The zero-order valence-corrected chi connectivity index (χ0v) is 17.0. The molecule has 3 aromatic rings. The molecule has 1 heterocycles. The summed E-state index contributed by atoms with van der Waals surface area (Å²) in [6, 6.07) is 13.8. The predicted molar refractivity (Wildman–Crippen MR) is 113 cm³/mol. The largest absolute Gasteiger partial charge is 0.465 e. The minimum atomic E-state index is -0.505. The number of ether oxygens (including phenoxy) is 1. The molecular weight excluding hydrogens is 390 g/mol. The van der Waals surface area contributed by atoms with Gasteiger partial charge in [-0.25, -0.2) is 9.78 Å². The number of nitrogens with zero attached hydrogens (tertiary/aromatic N) is 2. The summed E-state index contributed by atoms with van der Waals surface area (Å²) in [5.74, 6) is -0.509. The van der Waals surface area contributed by atoms with E-state index >= 15 is 0 Å². The lowest BCUT2D eigenvalue weighted by Crippen LogP contribution is -2.27. The van der Waals surface area contributed by atoms with Gasteiger partial charge in [0.25, 0.3) is 5.56 Å². The summed E-state index contributed by atoms with van der Waals surface area (Å²) in [6.45, 7) is 2.57. The molecule has 1 aromatic heterocycles. The Hall–Kier alpha value is -3.13. The number of hydrogen-bond donors (Lipinski definition) is 1. The van der Waals surface area contributed by atoms with Crippen LogP contribution in [0.3, 0.4) is 0 Å². The van der Waals surface area contributed by atoms with E-state index in [-0.39, 0.29) is 17.2 Å². The molecule has 29 heavy (non-hydrogen) atoms. The Morgan fingerprint density at radius 2 is 1.93 bits per heavy atom. The first-order valence-corrected chi connectivity index (χ1v) is 10.1. The second-order valence-corrected chi connectivity index (χ2v) is 7.18. The van der Waals surface area contributed by atoms with Crippen molar-refractivity contribution in [2.75, 3.05) is 19.4 Å². The highest BCUT2D eigenvalue weighted by atomic mass is 32.2. The average Bonchev–Trinajstić information content (AvgIpc) is 2.75. The quantitative estimate of drug-likeness (QED) is 0.365. The Balaban J connectivity index is 2.10. The second-order valence-electron chi connectivity index (χ2n) is 6.23. The highest BCUT2D eigenvalue weighted by Gasteiger charge is 2.16. The van der Waals surface area contributed by atoms with Gasteiger partial charge < -0.3 is 10.1 Å². The van der Waals surface area contributed by atoms with Crippen LogP contribution in [0.15, 0.2) is 58.5 Å². The third kappa shape index (κ3) is 4.65. The van der Waals surface area contributed by atoms with Crippen LogP contribution in [0, 0.1) is 0 Å². The van der Waals surface area contributed by atoms with Crippen molar-refractivity contribution in [2.24, 2.45) is 0 Å². The van der Waals surface area contributed by atoms with Crippen LogP contribution in [0.5, 0.6) is 0 Å². The average molecular weight is 411 g/mol. The second kappa shape index (κ2) is 9.38. The molecular formula is C21H21N3O4S. The maximum atomic E-state index is 13.2. The fourth-order valence-corrected chi connectivity index (χ4v) is 3.60. The lowest BCUT2D eigenvalue weighted by Gasteiger charge is -2.13. The molecule has 1 N–H and O–H groups in total. The third-order valence-electron chi connectivity index (χ3n) is 4.18. The highest BCUT2D eigenvalue weighted by molar-refractivity contribution is 7.99.